The van der Waals surface area contributed by atoms with Crippen molar-refractivity contribution in [2.45, 2.75) is 25.9 Å². The first-order valence-corrected chi connectivity index (χ1v) is 8.13. The van der Waals surface area contributed by atoms with E-state index in [2.05, 4.69) is 11.6 Å². The van der Waals surface area contributed by atoms with Crippen LogP contribution in [0.1, 0.15) is 34.3 Å². The number of thiazole rings is 1. The molecule has 0 atom stereocenters. The summed E-state index contributed by atoms with van der Waals surface area (Å²) in [6.07, 6.45) is -1.50. The Bertz CT molecular complexity index is 720. The first-order chi connectivity index (χ1) is 11.4. The Hall–Kier alpha value is -2.15. The molecule has 0 radical (unpaired) electrons. The SMILES string of the molecule is C=CCCc1nc(-c2ccc(C(F)(F)F)cc2)sc1C(=O)OCC. The number of carbonyl (C=O) groups is 1. The Morgan fingerprint density at radius 1 is 1.33 bits per heavy atom. The molecular weight excluding hydrogens is 339 g/mol. The van der Waals surface area contributed by atoms with Gasteiger partial charge in [-0.05, 0) is 31.9 Å². The molecule has 0 amide bonds. The fourth-order valence-corrected chi connectivity index (χ4v) is 3.05. The van der Waals surface area contributed by atoms with E-state index in [4.69, 9.17) is 4.74 Å². The Labute approximate surface area is 141 Å². The number of hydrogen-bond donors (Lipinski definition) is 0. The number of rotatable bonds is 6. The van der Waals surface area contributed by atoms with Gasteiger partial charge in [0.05, 0.1) is 17.9 Å². The van der Waals surface area contributed by atoms with E-state index in [0.717, 1.165) is 23.5 Å². The molecule has 3 nitrogen and oxygen atoms in total. The zero-order chi connectivity index (χ0) is 17.7. The highest BCUT2D eigenvalue weighted by Gasteiger charge is 2.30. The second kappa shape index (κ2) is 7.61. The number of esters is 1. The number of aromatic nitrogens is 1. The van der Waals surface area contributed by atoms with Gasteiger partial charge in [0, 0.05) is 5.56 Å². The minimum atomic E-state index is -4.38. The predicted octanol–water partition coefficient (Wildman–Crippen LogP) is 5.12. The van der Waals surface area contributed by atoms with Crippen molar-refractivity contribution in [2.24, 2.45) is 0 Å². The zero-order valence-corrected chi connectivity index (χ0v) is 13.8. The fourth-order valence-electron chi connectivity index (χ4n) is 2.04. The number of carbonyl (C=O) groups excluding carboxylic acids is 1. The largest absolute Gasteiger partial charge is 0.462 e. The molecule has 0 N–H and O–H groups in total. The number of aryl methyl sites for hydroxylation is 1. The van der Waals surface area contributed by atoms with Crippen LogP contribution in [-0.2, 0) is 17.3 Å². The average molecular weight is 355 g/mol. The first-order valence-electron chi connectivity index (χ1n) is 7.32. The third-order valence-electron chi connectivity index (χ3n) is 3.20. The van der Waals surface area contributed by atoms with Crippen molar-refractivity contribution in [3.8, 4) is 10.6 Å². The second-order valence-corrected chi connectivity index (χ2v) is 5.92. The van der Waals surface area contributed by atoms with Crippen molar-refractivity contribution < 1.29 is 22.7 Å². The van der Waals surface area contributed by atoms with Crippen molar-refractivity contribution in [1.82, 2.24) is 4.98 Å². The number of halogens is 3. The maximum atomic E-state index is 12.6. The van der Waals surface area contributed by atoms with Gasteiger partial charge in [-0.3, -0.25) is 0 Å². The fraction of sp³-hybridized carbons (Fsp3) is 0.294. The van der Waals surface area contributed by atoms with Crippen LogP contribution < -0.4 is 0 Å². The van der Waals surface area contributed by atoms with Gasteiger partial charge < -0.3 is 4.74 Å². The summed E-state index contributed by atoms with van der Waals surface area (Å²) in [5.41, 5.74) is 0.386. The third kappa shape index (κ3) is 4.23. The highest BCUT2D eigenvalue weighted by molar-refractivity contribution is 7.17. The van der Waals surface area contributed by atoms with Crippen LogP contribution in [0, 0.1) is 0 Å². The monoisotopic (exact) mass is 355 g/mol. The lowest BCUT2D eigenvalue weighted by Gasteiger charge is -2.06. The number of hydrogen-bond acceptors (Lipinski definition) is 4. The summed E-state index contributed by atoms with van der Waals surface area (Å²) < 4.78 is 42.9. The van der Waals surface area contributed by atoms with E-state index < -0.39 is 17.7 Å². The molecule has 24 heavy (non-hydrogen) atoms. The summed E-state index contributed by atoms with van der Waals surface area (Å²) in [6, 6.07) is 4.72. The second-order valence-electron chi connectivity index (χ2n) is 4.92. The Balaban J connectivity index is 2.36. The molecule has 0 saturated heterocycles. The predicted molar refractivity (Wildman–Crippen MR) is 87.0 cm³/mol. The summed E-state index contributed by atoms with van der Waals surface area (Å²) in [4.78, 5) is 16.8. The lowest BCUT2D eigenvalue weighted by molar-refractivity contribution is -0.137. The van der Waals surface area contributed by atoms with Gasteiger partial charge in [0.25, 0.3) is 0 Å². The minimum absolute atomic E-state index is 0.243. The molecule has 7 heteroatoms. The van der Waals surface area contributed by atoms with Crippen LogP contribution in [0.4, 0.5) is 13.2 Å². The molecule has 0 fully saturated rings. The smallest absolute Gasteiger partial charge is 0.416 e. The standard InChI is InChI=1S/C17H16F3NO2S/c1-3-5-6-13-14(16(22)23-4-2)24-15(21-13)11-7-9-12(10-8-11)17(18,19)20/h3,7-10H,1,4-6H2,2H3. The van der Waals surface area contributed by atoms with E-state index in [1.807, 2.05) is 0 Å². The molecular formula is C17H16F3NO2S. The lowest BCUT2D eigenvalue weighted by atomic mass is 10.1. The number of alkyl halides is 3. The van der Waals surface area contributed by atoms with E-state index in [1.165, 1.54) is 12.1 Å². The highest BCUT2D eigenvalue weighted by Crippen LogP contribution is 2.33. The summed E-state index contributed by atoms with van der Waals surface area (Å²) in [6.45, 7) is 5.59. The quantitative estimate of drug-likeness (QED) is 0.533. The van der Waals surface area contributed by atoms with E-state index >= 15 is 0 Å². The molecule has 1 aromatic carbocycles. The summed E-state index contributed by atoms with van der Waals surface area (Å²) in [7, 11) is 0. The molecule has 0 spiro atoms. The molecule has 0 aliphatic carbocycles. The van der Waals surface area contributed by atoms with Crippen molar-refractivity contribution in [2.75, 3.05) is 6.61 Å². The minimum Gasteiger partial charge on any atom is -0.462 e. The molecule has 0 unspecified atom stereocenters. The van der Waals surface area contributed by atoms with Gasteiger partial charge in [-0.1, -0.05) is 18.2 Å². The number of allylic oxidation sites excluding steroid dienone is 1. The Morgan fingerprint density at radius 2 is 2.00 bits per heavy atom. The van der Waals surface area contributed by atoms with E-state index in [-0.39, 0.29) is 6.61 Å². The Morgan fingerprint density at radius 3 is 2.54 bits per heavy atom. The molecule has 0 bridgehead atoms. The van der Waals surface area contributed by atoms with Crippen LogP contribution in [0.2, 0.25) is 0 Å². The van der Waals surface area contributed by atoms with Crippen molar-refractivity contribution >= 4 is 17.3 Å². The molecule has 0 aliphatic heterocycles. The maximum Gasteiger partial charge on any atom is 0.416 e. The van der Waals surface area contributed by atoms with Gasteiger partial charge in [-0.15, -0.1) is 17.9 Å². The van der Waals surface area contributed by atoms with Crippen molar-refractivity contribution in [3.05, 3.63) is 53.1 Å². The van der Waals surface area contributed by atoms with Crippen LogP contribution in [0.15, 0.2) is 36.9 Å². The maximum absolute atomic E-state index is 12.6. The van der Waals surface area contributed by atoms with Crippen LogP contribution in [0.25, 0.3) is 10.6 Å². The van der Waals surface area contributed by atoms with Crippen LogP contribution in [0.5, 0.6) is 0 Å². The van der Waals surface area contributed by atoms with E-state index in [0.29, 0.717) is 34.0 Å². The number of ether oxygens (including phenoxy) is 1. The molecule has 2 rings (SSSR count). The summed E-state index contributed by atoms with van der Waals surface area (Å²) in [5.74, 6) is -0.466. The van der Waals surface area contributed by atoms with E-state index in [9.17, 15) is 18.0 Å². The molecule has 0 saturated carbocycles. The van der Waals surface area contributed by atoms with E-state index in [1.54, 1.807) is 13.0 Å². The van der Waals surface area contributed by atoms with Crippen molar-refractivity contribution in [1.29, 1.82) is 0 Å². The van der Waals surface area contributed by atoms with Gasteiger partial charge in [-0.2, -0.15) is 13.2 Å². The average Bonchev–Trinajstić information content (AvgIpc) is 2.96. The molecule has 1 aromatic heterocycles. The number of nitrogens with zero attached hydrogens (tertiary/aromatic N) is 1. The zero-order valence-electron chi connectivity index (χ0n) is 13.0. The third-order valence-corrected chi connectivity index (χ3v) is 4.33. The normalized spacial score (nSPS) is 11.3. The molecule has 128 valence electrons. The van der Waals surface area contributed by atoms with Crippen LogP contribution >= 0.6 is 11.3 Å². The van der Waals surface area contributed by atoms with Gasteiger partial charge >= 0.3 is 12.1 Å². The van der Waals surface area contributed by atoms with Crippen LogP contribution in [-0.4, -0.2) is 17.6 Å². The topological polar surface area (TPSA) is 39.2 Å². The first kappa shape index (κ1) is 18.2. The number of benzene rings is 1. The van der Waals surface area contributed by atoms with Gasteiger partial charge in [0.15, 0.2) is 0 Å². The highest BCUT2D eigenvalue weighted by atomic mass is 32.1. The van der Waals surface area contributed by atoms with Gasteiger partial charge in [-0.25, -0.2) is 9.78 Å². The Kier molecular flexibility index (Phi) is 5.77. The van der Waals surface area contributed by atoms with Crippen molar-refractivity contribution in [3.63, 3.8) is 0 Å². The van der Waals surface area contributed by atoms with Crippen LogP contribution in [0.3, 0.4) is 0 Å². The molecule has 0 aliphatic rings. The molecule has 2 aromatic rings. The van der Waals surface area contributed by atoms with Gasteiger partial charge in [0.1, 0.15) is 9.88 Å². The summed E-state index contributed by atoms with van der Waals surface area (Å²) in [5, 5.41) is 0.492. The summed E-state index contributed by atoms with van der Waals surface area (Å²) >= 11 is 1.12. The van der Waals surface area contributed by atoms with Gasteiger partial charge in [0.2, 0.25) is 0 Å². The molecule has 1 heterocycles. The lowest BCUT2D eigenvalue weighted by Crippen LogP contribution is -2.05.